The van der Waals surface area contributed by atoms with Crippen LogP contribution >= 0.6 is 24.0 Å². The molecule has 3 fully saturated rings. The minimum atomic E-state index is 0.547. The number of nitrogens with one attached hydrogen (secondary N) is 1. The second kappa shape index (κ2) is 8.27. The number of nitrogens with zero attached hydrogens (tertiary/aromatic N) is 2. The van der Waals surface area contributed by atoms with Gasteiger partial charge in [0.05, 0.1) is 19.9 Å². The van der Waals surface area contributed by atoms with Crippen LogP contribution in [0.25, 0.3) is 0 Å². The molecule has 4 rings (SSSR count). The maximum absolute atomic E-state index is 5.78. The minimum absolute atomic E-state index is 0.547. The standard InChI is InChI=1S/C20H27N3O2S2/c1-24-17-7-6-15(12-18(17)25-2)21-20-23(8-3-9-27-20)19(26)22-16-11-13-4-5-14(16)10-13/h6-7,12-14,16H,3-5,8-11H2,1-2H3,(H,22,26). The van der Waals surface area contributed by atoms with E-state index in [0.717, 1.165) is 46.5 Å². The van der Waals surface area contributed by atoms with E-state index in [1.54, 1.807) is 26.0 Å². The van der Waals surface area contributed by atoms with Gasteiger partial charge in [-0.3, -0.25) is 4.90 Å². The van der Waals surface area contributed by atoms with Crippen molar-refractivity contribution in [3.8, 4) is 11.5 Å². The van der Waals surface area contributed by atoms with Crippen LogP contribution in [0.5, 0.6) is 11.5 Å². The van der Waals surface area contributed by atoms with Crippen molar-refractivity contribution in [2.75, 3.05) is 26.5 Å². The first-order valence-corrected chi connectivity index (χ1v) is 11.1. The fraction of sp³-hybridized carbons (Fsp3) is 0.600. The van der Waals surface area contributed by atoms with Crippen molar-refractivity contribution >= 4 is 39.9 Å². The van der Waals surface area contributed by atoms with Crippen LogP contribution in [-0.2, 0) is 0 Å². The normalized spacial score (nSPS) is 28.4. The third kappa shape index (κ3) is 4.04. The number of thioether (sulfide) groups is 1. The SMILES string of the molecule is COc1ccc(N=C2SCCCN2C(=S)NC2CC3CCC2C3)cc1OC. The van der Waals surface area contributed by atoms with Gasteiger partial charge in [0.25, 0.3) is 0 Å². The lowest BCUT2D eigenvalue weighted by molar-refractivity contribution is 0.355. The Bertz CT molecular complexity index is 740. The Morgan fingerprint density at radius 3 is 2.78 bits per heavy atom. The first kappa shape index (κ1) is 18.9. The molecule has 146 valence electrons. The van der Waals surface area contributed by atoms with Gasteiger partial charge in [-0.15, -0.1) is 0 Å². The van der Waals surface area contributed by atoms with Crippen LogP contribution < -0.4 is 14.8 Å². The van der Waals surface area contributed by atoms with E-state index in [2.05, 4.69) is 10.2 Å². The Morgan fingerprint density at radius 1 is 1.22 bits per heavy atom. The van der Waals surface area contributed by atoms with Crippen molar-refractivity contribution in [3.05, 3.63) is 18.2 Å². The summed E-state index contributed by atoms with van der Waals surface area (Å²) in [5.41, 5.74) is 0.852. The van der Waals surface area contributed by atoms with E-state index in [1.165, 1.54) is 25.7 Å². The molecule has 1 N–H and O–H groups in total. The summed E-state index contributed by atoms with van der Waals surface area (Å²) in [4.78, 5) is 7.04. The third-order valence-corrected chi connectivity index (χ3v) is 7.27. The Morgan fingerprint density at radius 2 is 2.07 bits per heavy atom. The van der Waals surface area contributed by atoms with Crippen LogP contribution in [0.3, 0.4) is 0 Å². The Kier molecular flexibility index (Phi) is 5.78. The van der Waals surface area contributed by atoms with Gasteiger partial charge in [-0.1, -0.05) is 18.2 Å². The molecule has 0 spiro atoms. The van der Waals surface area contributed by atoms with Gasteiger partial charge in [0.15, 0.2) is 21.8 Å². The number of ether oxygens (including phenoxy) is 2. The van der Waals surface area contributed by atoms with Crippen molar-refractivity contribution in [1.29, 1.82) is 0 Å². The smallest absolute Gasteiger partial charge is 0.175 e. The molecule has 1 heterocycles. The zero-order valence-electron chi connectivity index (χ0n) is 15.9. The summed E-state index contributed by atoms with van der Waals surface area (Å²) in [6.45, 7) is 0.922. The summed E-state index contributed by atoms with van der Waals surface area (Å²) in [5.74, 6) is 4.18. The van der Waals surface area contributed by atoms with Gasteiger partial charge in [0.2, 0.25) is 0 Å². The number of thiocarbonyl (C=S) groups is 1. The van der Waals surface area contributed by atoms with E-state index in [4.69, 9.17) is 26.7 Å². The van der Waals surface area contributed by atoms with Crippen molar-refractivity contribution in [3.63, 3.8) is 0 Å². The molecule has 2 aliphatic carbocycles. The topological polar surface area (TPSA) is 46.1 Å². The lowest BCUT2D eigenvalue weighted by Gasteiger charge is -2.33. The van der Waals surface area contributed by atoms with Crippen LogP contribution in [0.2, 0.25) is 0 Å². The van der Waals surface area contributed by atoms with Crippen LogP contribution in [-0.4, -0.2) is 47.7 Å². The molecule has 1 aromatic carbocycles. The minimum Gasteiger partial charge on any atom is -0.493 e. The summed E-state index contributed by atoms with van der Waals surface area (Å²) in [6.07, 6.45) is 6.52. The lowest BCUT2D eigenvalue weighted by Crippen LogP contribution is -2.49. The Balaban J connectivity index is 1.50. The number of amidine groups is 1. The molecule has 5 nitrogen and oxygen atoms in total. The Hall–Kier alpha value is -1.47. The first-order chi connectivity index (χ1) is 13.2. The summed E-state index contributed by atoms with van der Waals surface area (Å²) in [5, 5.41) is 5.45. The highest BCUT2D eigenvalue weighted by molar-refractivity contribution is 8.14. The average Bonchev–Trinajstić information content (AvgIpc) is 3.31. The molecule has 2 saturated carbocycles. The average molecular weight is 406 g/mol. The molecule has 0 radical (unpaired) electrons. The van der Waals surface area contributed by atoms with Crippen LogP contribution in [0, 0.1) is 11.8 Å². The monoisotopic (exact) mass is 405 g/mol. The molecule has 3 unspecified atom stereocenters. The molecule has 7 heteroatoms. The summed E-state index contributed by atoms with van der Waals surface area (Å²) >= 11 is 7.55. The summed E-state index contributed by atoms with van der Waals surface area (Å²) < 4.78 is 10.7. The predicted molar refractivity (Wildman–Crippen MR) is 115 cm³/mol. The molecule has 27 heavy (non-hydrogen) atoms. The molecule has 0 aromatic heterocycles. The largest absolute Gasteiger partial charge is 0.493 e. The van der Waals surface area contributed by atoms with Gasteiger partial charge < -0.3 is 14.8 Å². The first-order valence-electron chi connectivity index (χ1n) is 9.69. The second-order valence-corrected chi connectivity index (χ2v) is 8.97. The third-order valence-electron chi connectivity index (χ3n) is 5.87. The van der Waals surface area contributed by atoms with E-state index >= 15 is 0 Å². The fourth-order valence-electron chi connectivity index (χ4n) is 4.50. The van der Waals surface area contributed by atoms with Gasteiger partial charge in [0, 0.05) is 24.4 Å². The number of benzene rings is 1. The summed E-state index contributed by atoms with van der Waals surface area (Å²) in [6, 6.07) is 6.30. The number of fused-ring (bicyclic) bond motifs is 2. The van der Waals surface area contributed by atoms with Crippen molar-refractivity contribution in [1.82, 2.24) is 10.2 Å². The van der Waals surface area contributed by atoms with Crippen molar-refractivity contribution < 1.29 is 9.47 Å². The second-order valence-electron chi connectivity index (χ2n) is 7.52. The van der Waals surface area contributed by atoms with Gasteiger partial charge in [-0.05, 0) is 61.9 Å². The highest BCUT2D eigenvalue weighted by atomic mass is 32.2. The van der Waals surface area contributed by atoms with Gasteiger partial charge >= 0.3 is 0 Å². The van der Waals surface area contributed by atoms with Crippen LogP contribution in [0.15, 0.2) is 23.2 Å². The number of aliphatic imine (C=N–C) groups is 1. The number of rotatable bonds is 4. The van der Waals surface area contributed by atoms with Gasteiger partial charge in [-0.2, -0.15) is 0 Å². The highest BCUT2D eigenvalue weighted by Crippen LogP contribution is 2.44. The molecular formula is C20H27N3O2S2. The quantitative estimate of drug-likeness (QED) is 0.758. The van der Waals surface area contributed by atoms with Crippen molar-refractivity contribution in [2.24, 2.45) is 16.8 Å². The highest BCUT2D eigenvalue weighted by Gasteiger charge is 2.40. The van der Waals surface area contributed by atoms with E-state index in [9.17, 15) is 0 Å². The molecule has 1 saturated heterocycles. The van der Waals surface area contributed by atoms with Crippen LogP contribution in [0.1, 0.15) is 32.1 Å². The molecule has 2 bridgehead atoms. The molecule has 1 aromatic rings. The molecule has 3 atom stereocenters. The van der Waals surface area contributed by atoms with E-state index in [0.29, 0.717) is 17.5 Å². The van der Waals surface area contributed by atoms with Gasteiger partial charge in [0.1, 0.15) is 0 Å². The molecule has 1 aliphatic heterocycles. The molecular weight excluding hydrogens is 378 g/mol. The zero-order chi connectivity index (χ0) is 18.8. The molecule has 0 amide bonds. The van der Waals surface area contributed by atoms with E-state index < -0.39 is 0 Å². The summed E-state index contributed by atoms with van der Waals surface area (Å²) in [7, 11) is 3.28. The Labute approximate surface area is 170 Å². The zero-order valence-corrected chi connectivity index (χ0v) is 17.6. The lowest BCUT2D eigenvalue weighted by atomic mass is 9.95. The molecule has 3 aliphatic rings. The fourth-order valence-corrected chi connectivity index (χ4v) is 5.85. The number of hydrogen-bond acceptors (Lipinski definition) is 5. The number of hydrogen-bond donors (Lipinski definition) is 1. The predicted octanol–water partition coefficient (Wildman–Crippen LogP) is 4.19. The van der Waals surface area contributed by atoms with E-state index in [1.807, 2.05) is 18.2 Å². The van der Waals surface area contributed by atoms with Crippen molar-refractivity contribution in [2.45, 2.75) is 38.1 Å². The van der Waals surface area contributed by atoms with Gasteiger partial charge in [-0.25, -0.2) is 4.99 Å². The maximum Gasteiger partial charge on any atom is 0.175 e. The number of methoxy groups -OCH3 is 2. The maximum atomic E-state index is 5.78. The van der Waals surface area contributed by atoms with E-state index in [-0.39, 0.29) is 0 Å². The van der Waals surface area contributed by atoms with Crippen LogP contribution in [0.4, 0.5) is 5.69 Å².